The molecule has 0 spiro atoms. The lowest BCUT2D eigenvalue weighted by Crippen LogP contribution is -2.25. The van der Waals surface area contributed by atoms with Crippen molar-refractivity contribution in [3.05, 3.63) is 23.9 Å². The van der Waals surface area contributed by atoms with E-state index in [1.807, 2.05) is 0 Å². The predicted octanol–water partition coefficient (Wildman–Crippen LogP) is 3.43. The average molecular weight is 302 g/mol. The first-order valence-electron chi connectivity index (χ1n) is 8.11. The lowest BCUT2D eigenvalue weighted by molar-refractivity contribution is 0.0953. The van der Waals surface area contributed by atoms with Gasteiger partial charge in [0.15, 0.2) is 0 Å². The second-order valence-electron chi connectivity index (χ2n) is 5.43. The Hall–Kier alpha value is -2.09. The van der Waals surface area contributed by atoms with Gasteiger partial charge in [-0.2, -0.15) is 5.26 Å². The van der Waals surface area contributed by atoms with Crippen LogP contribution in [0.5, 0.6) is 0 Å². The monoisotopic (exact) mass is 302 g/mol. The molecule has 1 amide bonds. The number of nitrogen functional groups attached to an aromatic ring is 1. The molecule has 0 radical (unpaired) electrons. The molecule has 0 saturated heterocycles. The van der Waals surface area contributed by atoms with E-state index >= 15 is 0 Å². The normalized spacial score (nSPS) is 10.1. The fourth-order valence-electron chi connectivity index (χ4n) is 2.30. The summed E-state index contributed by atoms with van der Waals surface area (Å²) in [6.45, 7) is 0.676. The highest BCUT2D eigenvalue weighted by atomic mass is 16.1. The van der Waals surface area contributed by atoms with Crippen LogP contribution in [0.2, 0.25) is 0 Å². The molecule has 3 N–H and O–H groups in total. The number of aromatic nitrogens is 1. The van der Waals surface area contributed by atoms with Gasteiger partial charge >= 0.3 is 0 Å². The molecule has 5 heteroatoms. The van der Waals surface area contributed by atoms with Crippen molar-refractivity contribution in [3.8, 4) is 6.07 Å². The zero-order valence-electron chi connectivity index (χ0n) is 13.2. The fraction of sp³-hybridized carbons (Fsp3) is 0.588. The maximum Gasteiger partial charge on any atom is 0.255 e. The minimum Gasteiger partial charge on any atom is -0.383 e. The zero-order valence-corrected chi connectivity index (χ0v) is 13.2. The molecule has 0 aromatic carbocycles. The summed E-state index contributed by atoms with van der Waals surface area (Å²) in [6.07, 6.45) is 11.5. The number of carbonyl (C=O) groups is 1. The van der Waals surface area contributed by atoms with Gasteiger partial charge in [0.25, 0.3) is 5.91 Å². The van der Waals surface area contributed by atoms with E-state index in [0.29, 0.717) is 18.5 Å². The summed E-state index contributed by atoms with van der Waals surface area (Å²) in [5, 5.41) is 11.3. The van der Waals surface area contributed by atoms with Gasteiger partial charge in [0, 0.05) is 19.2 Å². The average Bonchev–Trinajstić information content (AvgIpc) is 2.53. The molecule has 0 saturated carbocycles. The Bertz CT molecular complexity index is 482. The summed E-state index contributed by atoms with van der Waals surface area (Å²) in [4.78, 5) is 15.8. The van der Waals surface area contributed by atoms with Crippen molar-refractivity contribution in [3.63, 3.8) is 0 Å². The van der Waals surface area contributed by atoms with Crippen LogP contribution in [0.15, 0.2) is 18.3 Å². The van der Waals surface area contributed by atoms with E-state index in [-0.39, 0.29) is 11.7 Å². The molecule has 120 valence electrons. The van der Waals surface area contributed by atoms with Gasteiger partial charge < -0.3 is 11.1 Å². The molecule has 1 heterocycles. The highest BCUT2D eigenvalue weighted by Gasteiger charge is 2.08. The van der Waals surface area contributed by atoms with E-state index < -0.39 is 0 Å². The Morgan fingerprint density at radius 3 is 2.41 bits per heavy atom. The van der Waals surface area contributed by atoms with Gasteiger partial charge in [-0.05, 0) is 25.0 Å². The topological polar surface area (TPSA) is 91.8 Å². The molecule has 0 aliphatic carbocycles. The minimum atomic E-state index is -0.150. The molecule has 1 aromatic rings. The summed E-state index contributed by atoms with van der Waals surface area (Å²) >= 11 is 0. The van der Waals surface area contributed by atoms with Gasteiger partial charge in [0.2, 0.25) is 0 Å². The molecule has 5 nitrogen and oxygen atoms in total. The first-order chi connectivity index (χ1) is 10.8. The van der Waals surface area contributed by atoms with Crippen molar-refractivity contribution in [2.24, 2.45) is 0 Å². The number of anilines is 1. The van der Waals surface area contributed by atoms with Crippen molar-refractivity contribution >= 4 is 11.7 Å². The van der Waals surface area contributed by atoms with E-state index in [1.165, 1.54) is 25.7 Å². The summed E-state index contributed by atoms with van der Waals surface area (Å²) in [5.41, 5.74) is 6.10. The SMILES string of the molecule is N#CCCCCCCCCCCNC(=O)c1cccnc1N. The van der Waals surface area contributed by atoms with Crippen molar-refractivity contribution in [1.82, 2.24) is 10.3 Å². The van der Waals surface area contributed by atoms with Gasteiger partial charge in [0.05, 0.1) is 11.6 Å². The fourth-order valence-corrected chi connectivity index (χ4v) is 2.30. The third-order valence-corrected chi connectivity index (χ3v) is 3.58. The first-order valence-corrected chi connectivity index (χ1v) is 8.11. The maximum atomic E-state index is 11.9. The number of nitrogens with two attached hydrogens (primary N) is 1. The van der Waals surface area contributed by atoms with E-state index in [2.05, 4.69) is 16.4 Å². The summed E-state index contributed by atoms with van der Waals surface area (Å²) in [7, 11) is 0. The molecule has 0 atom stereocenters. The van der Waals surface area contributed by atoms with Gasteiger partial charge in [-0.25, -0.2) is 4.98 Å². The molecular weight excluding hydrogens is 276 g/mol. The van der Waals surface area contributed by atoms with E-state index in [4.69, 9.17) is 11.0 Å². The predicted molar refractivity (Wildman–Crippen MR) is 88.1 cm³/mol. The first kappa shape index (κ1) is 18.0. The van der Waals surface area contributed by atoms with Crippen molar-refractivity contribution < 1.29 is 4.79 Å². The number of nitrogens with zero attached hydrogens (tertiary/aromatic N) is 2. The van der Waals surface area contributed by atoms with E-state index in [1.54, 1.807) is 18.3 Å². The number of carbonyl (C=O) groups excluding carboxylic acids is 1. The van der Waals surface area contributed by atoms with Gasteiger partial charge in [-0.3, -0.25) is 4.79 Å². The molecule has 22 heavy (non-hydrogen) atoms. The van der Waals surface area contributed by atoms with Crippen molar-refractivity contribution in [2.75, 3.05) is 12.3 Å². The Balaban J connectivity index is 1.97. The molecule has 1 aromatic heterocycles. The van der Waals surface area contributed by atoms with Gasteiger partial charge in [-0.15, -0.1) is 0 Å². The van der Waals surface area contributed by atoms with E-state index in [0.717, 1.165) is 25.7 Å². The quantitative estimate of drug-likeness (QED) is 0.612. The Morgan fingerprint density at radius 1 is 1.14 bits per heavy atom. The molecular formula is C17H26N4O. The summed E-state index contributed by atoms with van der Waals surface area (Å²) in [5.74, 6) is 0.125. The number of nitriles is 1. The Kier molecular flexibility index (Phi) is 9.43. The molecule has 0 fully saturated rings. The standard InChI is InChI=1S/C17H26N4O/c18-12-8-6-4-2-1-3-5-7-9-13-21-17(22)15-11-10-14-20-16(15)19/h10-11,14H,1-9,13H2,(H2,19,20)(H,21,22). The van der Waals surface area contributed by atoms with Crippen LogP contribution in [0, 0.1) is 11.3 Å². The number of hydrogen-bond acceptors (Lipinski definition) is 4. The Labute approximate surface area is 132 Å². The third-order valence-electron chi connectivity index (χ3n) is 3.58. The van der Waals surface area contributed by atoms with Crippen molar-refractivity contribution in [1.29, 1.82) is 5.26 Å². The number of rotatable bonds is 11. The van der Waals surface area contributed by atoms with Gasteiger partial charge in [-0.1, -0.05) is 38.5 Å². The number of unbranched alkanes of at least 4 members (excludes halogenated alkanes) is 8. The molecule has 0 unspecified atom stereocenters. The van der Waals surface area contributed by atoms with Crippen LogP contribution < -0.4 is 11.1 Å². The number of pyridine rings is 1. The Morgan fingerprint density at radius 2 is 1.77 bits per heavy atom. The lowest BCUT2D eigenvalue weighted by Gasteiger charge is -2.06. The van der Waals surface area contributed by atoms with Crippen LogP contribution in [0.25, 0.3) is 0 Å². The molecule has 0 aliphatic heterocycles. The van der Waals surface area contributed by atoms with Crippen LogP contribution >= 0.6 is 0 Å². The number of amides is 1. The van der Waals surface area contributed by atoms with Crippen LogP contribution in [0.3, 0.4) is 0 Å². The summed E-state index contributed by atoms with van der Waals surface area (Å²) in [6, 6.07) is 5.57. The van der Waals surface area contributed by atoms with Crippen molar-refractivity contribution in [2.45, 2.75) is 57.8 Å². The molecule has 1 rings (SSSR count). The number of hydrogen-bond donors (Lipinski definition) is 2. The minimum absolute atomic E-state index is 0.150. The van der Waals surface area contributed by atoms with Crippen LogP contribution in [-0.2, 0) is 0 Å². The number of nitrogens with one attached hydrogen (secondary N) is 1. The van der Waals surface area contributed by atoms with Crippen LogP contribution in [0.4, 0.5) is 5.82 Å². The van der Waals surface area contributed by atoms with Crippen LogP contribution in [-0.4, -0.2) is 17.4 Å². The molecule has 0 bridgehead atoms. The lowest BCUT2D eigenvalue weighted by atomic mass is 10.1. The highest BCUT2D eigenvalue weighted by molar-refractivity contribution is 5.98. The largest absolute Gasteiger partial charge is 0.383 e. The van der Waals surface area contributed by atoms with Gasteiger partial charge in [0.1, 0.15) is 5.82 Å². The molecule has 0 aliphatic rings. The van der Waals surface area contributed by atoms with E-state index in [9.17, 15) is 4.79 Å². The second kappa shape index (κ2) is 11.6. The zero-order chi connectivity index (χ0) is 16.0. The van der Waals surface area contributed by atoms with Crippen LogP contribution in [0.1, 0.15) is 68.1 Å². The smallest absolute Gasteiger partial charge is 0.255 e. The third kappa shape index (κ3) is 7.63. The highest BCUT2D eigenvalue weighted by Crippen LogP contribution is 2.10. The summed E-state index contributed by atoms with van der Waals surface area (Å²) < 4.78 is 0. The maximum absolute atomic E-state index is 11.9. The second-order valence-corrected chi connectivity index (χ2v) is 5.43.